The molecule has 5 heteroatoms. The lowest BCUT2D eigenvalue weighted by molar-refractivity contribution is 0.0698. The molecule has 0 saturated heterocycles. The normalized spacial score (nSPS) is 9.15. The molecule has 0 heterocycles. The van der Waals surface area contributed by atoms with Gasteiger partial charge in [0.1, 0.15) is 5.40 Å². The summed E-state index contributed by atoms with van der Waals surface area (Å²) >= 11 is 0.902. The molecule has 0 atom stereocenters. The third kappa shape index (κ3) is 2.13. The number of carbonyl (C=O) groups is 1. The maximum atomic E-state index is 10.6. The number of thiocyanates is 1. The Morgan fingerprint density at radius 1 is 1.62 bits per heavy atom. The summed E-state index contributed by atoms with van der Waals surface area (Å²) in [6.45, 7) is 0. The highest BCUT2D eigenvalue weighted by molar-refractivity contribution is 8.03. The summed E-state index contributed by atoms with van der Waals surface area (Å²) in [5.74, 6) is -1.09. The number of hydrogen-bond donors (Lipinski definition) is 2. The Labute approximate surface area is 79.0 Å². The molecule has 1 aromatic carbocycles. The third-order valence-corrected chi connectivity index (χ3v) is 2.00. The zero-order valence-electron chi connectivity index (χ0n) is 6.52. The highest BCUT2D eigenvalue weighted by Gasteiger charge is 2.08. The van der Waals surface area contributed by atoms with Crippen LogP contribution in [0.4, 0.5) is 5.69 Å². The second-order valence-corrected chi connectivity index (χ2v) is 3.11. The first-order chi connectivity index (χ1) is 6.15. The lowest BCUT2D eigenvalue weighted by Crippen LogP contribution is -2.01. The largest absolute Gasteiger partial charge is 0.478 e. The summed E-state index contributed by atoms with van der Waals surface area (Å²) in [6, 6.07) is 4.46. The van der Waals surface area contributed by atoms with Crippen molar-refractivity contribution in [2.45, 2.75) is 4.90 Å². The van der Waals surface area contributed by atoms with E-state index in [0.29, 0.717) is 4.90 Å². The van der Waals surface area contributed by atoms with E-state index in [1.807, 2.05) is 5.40 Å². The minimum absolute atomic E-state index is 0.0280. The van der Waals surface area contributed by atoms with Crippen molar-refractivity contribution in [3.05, 3.63) is 23.8 Å². The Hall–Kier alpha value is -1.67. The van der Waals surface area contributed by atoms with Crippen LogP contribution in [0.2, 0.25) is 0 Å². The molecule has 0 aliphatic heterocycles. The molecular formula is C8H6N2O2S. The van der Waals surface area contributed by atoms with E-state index in [1.54, 1.807) is 6.07 Å². The van der Waals surface area contributed by atoms with Crippen LogP contribution >= 0.6 is 11.8 Å². The van der Waals surface area contributed by atoms with Crippen molar-refractivity contribution in [3.63, 3.8) is 0 Å². The minimum Gasteiger partial charge on any atom is -0.478 e. The van der Waals surface area contributed by atoms with Crippen LogP contribution in [0.3, 0.4) is 0 Å². The monoisotopic (exact) mass is 194 g/mol. The van der Waals surface area contributed by atoms with Crippen molar-refractivity contribution in [3.8, 4) is 5.40 Å². The maximum absolute atomic E-state index is 10.6. The molecule has 1 rings (SSSR count). The van der Waals surface area contributed by atoms with Gasteiger partial charge in [0.25, 0.3) is 0 Å². The summed E-state index contributed by atoms with van der Waals surface area (Å²) in [5.41, 5.74) is 5.65. The van der Waals surface area contributed by atoms with Gasteiger partial charge in [0.2, 0.25) is 0 Å². The van der Waals surface area contributed by atoms with Crippen LogP contribution < -0.4 is 5.73 Å². The molecular weight excluding hydrogens is 188 g/mol. The van der Waals surface area contributed by atoms with E-state index in [0.717, 1.165) is 11.8 Å². The quantitative estimate of drug-likeness (QED) is 0.423. The number of aromatic carboxylic acids is 1. The van der Waals surface area contributed by atoms with E-state index in [-0.39, 0.29) is 11.3 Å². The Kier molecular flexibility index (Phi) is 2.77. The van der Waals surface area contributed by atoms with E-state index in [9.17, 15) is 4.79 Å². The minimum atomic E-state index is -1.09. The van der Waals surface area contributed by atoms with Crippen molar-refractivity contribution in [2.24, 2.45) is 0 Å². The molecule has 66 valence electrons. The molecule has 0 radical (unpaired) electrons. The zero-order valence-corrected chi connectivity index (χ0v) is 7.34. The first-order valence-corrected chi connectivity index (χ1v) is 4.15. The van der Waals surface area contributed by atoms with Crippen LogP contribution in [0.5, 0.6) is 0 Å². The van der Waals surface area contributed by atoms with Crippen LogP contribution in [0.25, 0.3) is 0 Å². The van der Waals surface area contributed by atoms with Crippen molar-refractivity contribution in [2.75, 3.05) is 5.73 Å². The molecule has 0 amide bonds. The van der Waals surface area contributed by atoms with Gasteiger partial charge < -0.3 is 10.8 Å². The fraction of sp³-hybridized carbons (Fsp3) is 0. The van der Waals surface area contributed by atoms with Crippen molar-refractivity contribution >= 4 is 23.4 Å². The molecule has 0 saturated carbocycles. The van der Waals surface area contributed by atoms with E-state index in [2.05, 4.69) is 0 Å². The van der Waals surface area contributed by atoms with Crippen molar-refractivity contribution < 1.29 is 9.90 Å². The molecule has 13 heavy (non-hydrogen) atoms. The SMILES string of the molecule is N#CSc1ccc(N)c(C(=O)O)c1. The molecule has 0 aliphatic carbocycles. The van der Waals surface area contributed by atoms with Gasteiger partial charge in [-0.1, -0.05) is 0 Å². The zero-order chi connectivity index (χ0) is 9.84. The smallest absolute Gasteiger partial charge is 0.337 e. The van der Waals surface area contributed by atoms with Gasteiger partial charge in [0.05, 0.1) is 5.56 Å². The number of carboxylic acid groups (broad SMARTS) is 1. The summed E-state index contributed by atoms with van der Waals surface area (Å²) in [4.78, 5) is 11.2. The second kappa shape index (κ2) is 3.83. The molecule has 1 aromatic rings. The van der Waals surface area contributed by atoms with Crippen LogP contribution in [0, 0.1) is 10.7 Å². The Morgan fingerprint density at radius 3 is 2.85 bits per heavy atom. The number of hydrogen-bond acceptors (Lipinski definition) is 4. The van der Waals surface area contributed by atoms with Gasteiger partial charge in [-0.15, -0.1) is 0 Å². The third-order valence-electron chi connectivity index (χ3n) is 1.42. The average molecular weight is 194 g/mol. The average Bonchev–Trinajstić information content (AvgIpc) is 2.08. The molecule has 4 nitrogen and oxygen atoms in total. The number of thioether (sulfide) groups is 1. The van der Waals surface area contributed by atoms with Gasteiger partial charge in [-0.25, -0.2) is 4.79 Å². The highest BCUT2D eigenvalue weighted by Crippen LogP contribution is 2.21. The van der Waals surface area contributed by atoms with E-state index in [1.165, 1.54) is 12.1 Å². The second-order valence-electron chi connectivity index (χ2n) is 2.25. The van der Waals surface area contributed by atoms with Gasteiger partial charge >= 0.3 is 5.97 Å². The molecule has 0 aromatic heterocycles. The van der Waals surface area contributed by atoms with Gasteiger partial charge in [0, 0.05) is 10.6 Å². The maximum Gasteiger partial charge on any atom is 0.337 e. The fourth-order valence-corrected chi connectivity index (χ4v) is 1.26. The number of benzene rings is 1. The summed E-state index contributed by atoms with van der Waals surface area (Å²) in [6.07, 6.45) is 0. The van der Waals surface area contributed by atoms with Gasteiger partial charge in [-0.2, -0.15) is 5.26 Å². The van der Waals surface area contributed by atoms with E-state index in [4.69, 9.17) is 16.1 Å². The van der Waals surface area contributed by atoms with Crippen LogP contribution in [-0.2, 0) is 0 Å². The first-order valence-electron chi connectivity index (χ1n) is 3.34. The number of anilines is 1. The highest BCUT2D eigenvalue weighted by atomic mass is 32.2. The predicted molar refractivity (Wildman–Crippen MR) is 49.3 cm³/mol. The van der Waals surface area contributed by atoms with Crippen LogP contribution in [0.15, 0.2) is 23.1 Å². The summed E-state index contributed by atoms with van der Waals surface area (Å²) < 4.78 is 0. The molecule has 0 aliphatic rings. The van der Waals surface area contributed by atoms with Crippen molar-refractivity contribution in [1.29, 1.82) is 5.26 Å². The Morgan fingerprint density at radius 2 is 2.31 bits per heavy atom. The van der Waals surface area contributed by atoms with E-state index >= 15 is 0 Å². The molecule has 0 bridgehead atoms. The number of nitrogens with zero attached hydrogens (tertiary/aromatic N) is 1. The summed E-state index contributed by atoms with van der Waals surface area (Å²) in [7, 11) is 0. The topological polar surface area (TPSA) is 87.1 Å². The standard InChI is InChI=1S/C8H6N2O2S/c9-4-13-5-1-2-7(10)6(3-5)8(11)12/h1-3H,10H2,(H,11,12). The number of carboxylic acids is 1. The molecule has 3 N–H and O–H groups in total. The Bertz CT molecular complexity index is 384. The van der Waals surface area contributed by atoms with Crippen LogP contribution in [0.1, 0.15) is 10.4 Å². The van der Waals surface area contributed by atoms with E-state index < -0.39 is 5.97 Å². The summed E-state index contributed by atoms with van der Waals surface area (Å²) in [5, 5.41) is 18.9. The lowest BCUT2D eigenvalue weighted by atomic mass is 10.2. The molecule has 0 unspecified atom stereocenters. The number of rotatable bonds is 2. The first kappa shape index (κ1) is 9.42. The van der Waals surface area contributed by atoms with Gasteiger partial charge in [0.15, 0.2) is 0 Å². The Balaban J connectivity index is 3.13. The molecule has 0 spiro atoms. The predicted octanol–water partition coefficient (Wildman–Crippen LogP) is 1.54. The van der Waals surface area contributed by atoms with Gasteiger partial charge in [-0.3, -0.25) is 0 Å². The number of nitriles is 1. The fourth-order valence-electron chi connectivity index (χ4n) is 0.837. The van der Waals surface area contributed by atoms with Crippen LogP contribution in [-0.4, -0.2) is 11.1 Å². The number of nitrogen functional groups attached to an aromatic ring is 1. The van der Waals surface area contributed by atoms with Crippen molar-refractivity contribution in [1.82, 2.24) is 0 Å². The molecule has 0 fully saturated rings. The van der Waals surface area contributed by atoms with Gasteiger partial charge in [-0.05, 0) is 30.0 Å². The number of nitrogens with two attached hydrogens (primary N) is 1. The lowest BCUT2D eigenvalue weighted by Gasteiger charge is -2.00.